The largest absolute Gasteiger partial charge is 0.481 e. The quantitative estimate of drug-likeness (QED) is 0.817. The lowest BCUT2D eigenvalue weighted by Crippen LogP contribution is -2.39. The Balaban J connectivity index is 2.08. The van der Waals surface area contributed by atoms with E-state index < -0.39 is 24.0 Å². The molecule has 0 radical (unpaired) electrons. The van der Waals surface area contributed by atoms with Crippen LogP contribution in [-0.2, 0) is 16.0 Å². The van der Waals surface area contributed by atoms with E-state index in [4.69, 9.17) is 4.74 Å². The monoisotopic (exact) mass is 235 g/mol. The Morgan fingerprint density at radius 1 is 1.47 bits per heavy atom. The Labute approximate surface area is 98.4 Å². The molecule has 5 heteroatoms. The van der Waals surface area contributed by atoms with Crippen molar-refractivity contribution in [2.75, 3.05) is 6.61 Å². The van der Waals surface area contributed by atoms with Gasteiger partial charge in [0.15, 0.2) is 0 Å². The second-order valence-electron chi connectivity index (χ2n) is 3.98. The van der Waals surface area contributed by atoms with Crippen LogP contribution in [0.4, 0.5) is 4.79 Å². The van der Waals surface area contributed by atoms with Crippen molar-refractivity contribution in [2.24, 2.45) is 5.92 Å². The first kappa shape index (κ1) is 11.4. The van der Waals surface area contributed by atoms with E-state index in [1.165, 1.54) is 0 Å². The lowest BCUT2D eigenvalue weighted by atomic mass is 9.93. The van der Waals surface area contributed by atoms with Gasteiger partial charge in [0.2, 0.25) is 0 Å². The normalized spacial score (nSPS) is 20.5. The highest BCUT2D eigenvalue weighted by Crippen LogP contribution is 2.16. The number of amides is 1. The Hall–Kier alpha value is -2.04. The molecule has 0 spiro atoms. The predicted octanol–water partition coefficient (Wildman–Crippen LogP) is 1.04. The number of carbonyl (C=O) groups is 2. The molecule has 1 heterocycles. The number of benzene rings is 1. The molecule has 1 amide bonds. The summed E-state index contributed by atoms with van der Waals surface area (Å²) in [6.45, 7) is 0.114. The van der Waals surface area contributed by atoms with E-state index in [1.54, 1.807) is 0 Å². The molecular weight excluding hydrogens is 222 g/mol. The van der Waals surface area contributed by atoms with Gasteiger partial charge in [-0.25, -0.2) is 4.79 Å². The third-order valence-electron chi connectivity index (χ3n) is 2.80. The van der Waals surface area contributed by atoms with Crippen LogP contribution in [0.1, 0.15) is 5.56 Å². The molecule has 1 unspecified atom stereocenters. The molecule has 1 aromatic carbocycles. The van der Waals surface area contributed by atoms with Crippen LogP contribution in [0, 0.1) is 5.92 Å². The van der Waals surface area contributed by atoms with Crippen LogP contribution in [0.5, 0.6) is 0 Å². The summed E-state index contributed by atoms with van der Waals surface area (Å²) < 4.78 is 4.72. The molecule has 0 aromatic heterocycles. The van der Waals surface area contributed by atoms with Crippen LogP contribution < -0.4 is 5.32 Å². The fourth-order valence-corrected chi connectivity index (χ4v) is 1.89. The molecule has 1 saturated heterocycles. The lowest BCUT2D eigenvalue weighted by Gasteiger charge is -2.17. The smallest absolute Gasteiger partial charge is 0.407 e. The van der Waals surface area contributed by atoms with E-state index in [0.29, 0.717) is 6.42 Å². The van der Waals surface area contributed by atoms with Gasteiger partial charge in [-0.05, 0) is 12.0 Å². The van der Waals surface area contributed by atoms with Gasteiger partial charge < -0.3 is 15.2 Å². The number of nitrogens with one attached hydrogen (secondary N) is 1. The highest BCUT2D eigenvalue weighted by Gasteiger charge is 2.34. The van der Waals surface area contributed by atoms with Crippen LogP contribution in [-0.4, -0.2) is 29.8 Å². The summed E-state index contributed by atoms with van der Waals surface area (Å²) in [5.74, 6) is -1.59. The van der Waals surface area contributed by atoms with Crippen molar-refractivity contribution in [1.82, 2.24) is 5.32 Å². The second-order valence-corrected chi connectivity index (χ2v) is 3.98. The maximum atomic E-state index is 11.2. The number of hydrogen-bond donors (Lipinski definition) is 2. The van der Waals surface area contributed by atoms with Gasteiger partial charge in [-0.15, -0.1) is 0 Å². The summed E-state index contributed by atoms with van der Waals surface area (Å²) in [6.07, 6.45) is -0.167. The molecule has 1 aliphatic rings. The molecule has 1 aromatic rings. The molecular formula is C12H13NO4. The zero-order valence-electron chi connectivity index (χ0n) is 9.13. The lowest BCUT2D eigenvalue weighted by molar-refractivity contribution is -0.142. The predicted molar refractivity (Wildman–Crippen MR) is 59.5 cm³/mol. The molecule has 1 fully saturated rings. The molecule has 90 valence electrons. The highest BCUT2D eigenvalue weighted by molar-refractivity contribution is 5.75. The number of hydrogen-bond acceptors (Lipinski definition) is 3. The van der Waals surface area contributed by atoms with E-state index in [1.807, 2.05) is 30.3 Å². The minimum absolute atomic E-state index is 0.114. The molecule has 2 atom stereocenters. The van der Waals surface area contributed by atoms with Crippen molar-refractivity contribution in [3.05, 3.63) is 35.9 Å². The number of cyclic esters (lactones) is 1. The second kappa shape index (κ2) is 4.86. The van der Waals surface area contributed by atoms with Crippen molar-refractivity contribution in [2.45, 2.75) is 12.5 Å². The molecule has 2 N–H and O–H groups in total. The Bertz CT molecular complexity index is 418. The van der Waals surface area contributed by atoms with Crippen molar-refractivity contribution < 1.29 is 19.4 Å². The van der Waals surface area contributed by atoms with Crippen LogP contribution >= 0.6 is 0 Å². The molecule has 2 rings (SSSR count). The zero-order valence-corrected chi connectivity index (χ0v) is 9.13. The summed E-state index contributed by atoms with van der Waals surface area (Å²) in [5, 5.41) is 11.7. The number of alkyl carbamates (subject to hydrolysis) is 1. The number of carboxylic acid groups (broad SMARTS) is 1. The van der Waals surface area contributed by atoms with Gasteiger partial charge in [-0.1, -0.05) is 30.3 Å². The van der Waals surface area contributed by atoms with Gasteiger partial charge >= 0.3 is 12.1 Å². The Kier molecular flexibility index (Phi) is 3.27. The summed E-state index contributed by atoms with van der Waals surface area (Å²) in [4.78, 5) is 22.1. The first-order valence-corrected chi connectivity index (χ1v) is 5.37. The van der Waals surface area contributed by atoms with Gasteiger partial charge in [0.1, 0.15) is 6.61 Å². The van der Waals surface area contributed by atoms with Crippen LogP contribution in [0.15, 0.2) is 30.3 Å². The third kappa shape index (κ3) is 2.75. The molecule has 0 saturated carbocycles. The van der Waals surface area contributed by atoms with Gasteiger partial charge in [0, 0.05) is 0 Å². The first-order valence-electron chi connectivity index (χ1n) is 5.37. The topological polar surface area (TPSA) is 75.6 Å². The SMILES string of the molecule is O=C1N[C@@H](C(Cc2ccccc2)C(=O)O)CO1. The molecule has 1 aliphatic heterocycles. The minimum Gasteiger partial charge on any atom is -0.481 e. The molecule has 5 nitrogen and oxygen atoms in total. The molecule has 0 aliphatic carbocycles. The number of carbonyl (C=O) groups excluding carboxylic acids is 1. The van der Waals surface area contributed by atoms with Gasteiger partial charge in [0.05, 0.1) is 12.0 Å². The van der Waals surface area contributed by atoms with Crippen molar-refractivity contribution in [3.63, 3.8) is 0 Å². The Morgan fingerprint density at radius 2 is 2.18 bits per heavy atom. The van der Waals surface area contributed by atoms with Crippen LogP contribution in [0.25, 0.3) is 0 Å². The van der Waals surface area contributed by atoms with Crippen LogP contribution in [0.2, 0.25) is 0 Å². The number of aliphatic carboxylic acids is 1. The first-order chi connectivity index (χ1) is 8.16. The van der Waals surface area contributed by atoms with E-state index in [9.17, 15) is 14.7 Å². The molecule has 17 heavy (non-hydrogen) atoms. The number of rotatable bonds is 4. The number of carboxylic acids is 1. The maximum absolute atomic E-state index is 11.2. The summed E-state index contributed by atoms with van der Waals surface area (Å²) >= 11 is 0. The van der Waals surface area contributed by atoms with E-state index in [2.05, 4.69) is 5.32 Å². The van der Waals surface area contributed by atoms with E-state index in [0.717, 1.165) is 5.56 Å². The fourth-order valence-electron chi connectivity index (χ4n) is 1.89. The standard InChI is InChI=1S/C12H13NO4/c14-11(15)9(10-7-17-12(16)13-10)6-8-4-2-1-3-5-8/h1-5,9-10H,6-7H2,(H,13,16)(H,14,15)/t9?,10-/m1/s1. The van der Waals surface area contributed by atoms with Gasteiger partial charge in [-0.2, -0.15) is 0 Å². The van der Waals surface area contributed by atoms with Gasteiger partial charge in [-0.3, -0.25) is 4.79 Å². The van der Waals surface area contributed by atoms with Crippen LogP contribution in [0.3, 0.4) is 0 Å². The average Bonchev–Trinajstić information content (AvgIpc) is 2.73. The Morgan fingerprint density at radius 3 is 2.71 bits per heavy atom. The van der Waals surface area contributed by atoms with E-state index in [-0.39, 0.29) is 6.61 Å². The summed E-state index contributed by atoms with van der Waals surface area (Å²) in [6, 6.07) is 8.87. The molecule has 0 bridgehead atoms. The zero-order chi connectivity index (χ0) is 12.3. The van der Waals surface area contributed by atoms with Crippen molar-refractivity contribution in [1.29, 1.82) is 0 Å². The van der Waals surface area contributed by atoms with Crippen molar-refractivity contribution in [3.8, 4) is 0 Å². The summed E-state index contributed by atoms with van der Waals surface area (Å²) in [7, 11) is 0. The average molecular weight is 235 g/mol. The third-order valence-corrected chi connectivity index (χ3v) is 2.80. The number of ether oxygens (including phenoxy) is 1. The van der Waals surface area contributed by atoms with Gasteiger partial charge in [0.25, 0.3) is 0 Å². The minimum atomic E-state index is -0.926. The van der Waals surface area contributed by atoms with Crippen molar-refractivity contribution >= 4 is 12.1 Å². The van der Waals surface area contributed by atoms with E-state index >= 15 is 0 Å². The highest BCUT2D eigenvalue weighted by atomic mass is 16.6. The maximum Gasteiger partial charge on any atom is 0.407 e. The fraction of sp³-hybridized carbons (Fsp3) is 0.333. The summed E-state index contributed by atoms with van der Waals surface area (Å²) in [5.41, 5.74) is 0.932.